The molecule has 0 saturated carbocycles. The average Bonchev–Trinajstić information content (AvgIpc) is 2.66. The van der Waals surface area contributed by atoms with E-state index in [0.717, 1.165) is 5.82 Å². The van der Waals surface area contributed by atoms with E-state index in [0.29, 0.717) is 6.54 Å². The van der Waals surface area contributed by atoms with Gasteiger partial charge in [0.2, 0.25) is 5.91 Å². The van der Waals surface area contributed by atoms with Gasteiger partial charge < -0.3 is 16.0 Å². The van der Waals surface area contributed by atoms with Gasteiger partial charge in [-0.05, 0) is 0 Å². The Kier molecular flexibility index (Phi) is 3.78. The van der Waals surface area contributed by atoms with E-state index in [4.69, 9.17) is 5.73 Å². The molecule has 0 saturated heterocycles. The SMILES string of the molecule is NCC(=O)NCC(S)c1ncc[nH]1. The summed E-state index contributed by atoms with van der Waals surface area (Å²) in [5.41, 5.74) is 5.12. The van der Waals surface area contributed by atoms with Gasteiger partial charge in [-0.15, -0.1) is 0 Å². The van der Waals surface area contributed by atoms with Crippen molar-refractivity contribution in [1.29, 1.82) is 0 Å². The summed E-state index contributed by atoms with van der Waals surface area (Å²) in [4.78, 5) is 17.7. The van der Waals surface area contributed by atoms with Crippen LogP contribution in [0.2, 0.25) is 0 Å². The largest absolute Gasteiger partial charge is 0.353 e. The molecule has 1 heterocycles. The molecule has 0 aromatic carbocycles. The number of aromatic nitrogens is 2. The number of nitrogens with two attached hydrogens (primary N) is 1. The normalized spacial score (nSPS) is 12.5. The zero-order valence-corrected chi connectivity index (χ0v) is 7.92. The first-order valence-corrected chi connectivity index (χ1v) is 4.39. The molecule has 0 radical (unpaired) electrons. The number of amides is 1. The van der Waals surface area contributed by atoms with Crippen LogP contribution >= 0.6 is 12.6 Å². The average molecular weight is 200 g/mol. The number of carbonyl (C=O) groups is 1. The van der Waals surface area contributed by atoms with Gasteiger partial charge in [-0.25, -0.2) is 4.98 Å². The molecule has 0 aliphatic rings. The highest BCUT2D eigenvalue weighted by atomic mass is 32.1. The zero-order chi connectivity index (χ0) is 9.68. The van der Waals surface area contributed by atoms with Gasteiger partial charge in [0.15, 0.2) is 0 Å². The van der Waals surface area contributed by atoms with Crippen LogP contribution in [0.3, 0.4) is 0 Å². The van der Waals surface area contributed by atoms with Crippen LogP contribution in [0.4, 0.5) is 0 Å². The lowest BCUT2D eigenvalue weighted by atomic mass is 10.4. The highest BCUT2D eigenvalue weighted by Crippen LogP contribution is 2.12. The summed E-state index contributed by atoms with van der Waals surface area (Å²) in [6.45, 7) is 0.422. The molecule has 1 atom stereocenters. The molecule has 5 nitrogen and oxygen atoms in total. The van der Waals surface area contributed by atoms with Gasteiger partial charge in [0.25, 0.3) is 0 Å². The lowest BCUT2D eigenvalue weighted by molar-refractivity contribution is -0.119. The van der Waals surface area contributed by atoms with Crippen molar-refractivity contribution in [3.05, 3.63) is 18.2 Å². The minimum Gasteiger partial charge on any atom is -0.353 e. The van der Waals surface area contributed by atoms with Crippen LogP contribution in [-0.4, -0.2) is 29.0 Å². The number of H-pyrrole nitrogens is 1. The van der Waals surface area contributed by atoms with E-state index in [2.05, 4.69) is 27.9 Å². The van der Waals surface area contributed by atoms with Crippen molar-refractivity contribution in [3.8, 4) is 0 Å². The molecule has 1 amide bonds. The summed E-state index contributed by atoms with van der Waals surface area (Å²) < 4.78 is 0. The van der Waals surface area contributed by atoms with E-state index in [1.807, 2.05) is 0 Å². The van der Waals surface area contributed by atoms with Crippen LogP contribution in [0, 0.1) is 0 Å². The van der Waals surface area contributed by atoms with Crippen molar-refractivity contribution in [2.45, 2.75) is 5.25 Å². The van der Waals surface area contributed by atoms with Gasteiger partial charge in [0.1, 0.15) is 5.82 Å². The monoisotopic (exact) mass is 200 g/mol. The van der Waals surface area contributed by atoms with E-state index in [9.17, 15) is 4.79 Å². The van der Waals surface area contributed by atoms with Gasteiger partial charge in [0, 0.05) is 18.9 Å². The van der Waals surface area contributed by atoms with Crippen LogP contribution in [0.5, 0.6) is 0 Å². The van der Waals surface area contributed by atoms with Gasteiger partial charge >= 0.3 is 0 Å². The Morgan fingerprint density at radius 3 is 3.15 bits per heavy atom. The first-order chi connectivity index (χ1) is 6.24. The minimum atomic E-state index is -0.189. The number of nitrogens with zero attached hydrogens (tertiary/aromatic N) is 1. The maximum atomic E-state index is 10.8. The predicted octanol–water partition coefficient (Wildman–Crippen LogP) is -0.545. The summed E-state index contributed by atoms with van der Waals surface area (Å²) in [6.07, 6.45) is 3.35. The topological polar surface area (TPSA) is 83.8 Å². The van der Waals surface area contributed by atoms with E-state index < -0.39 is 0 Å². The molecular formula is C7H12N4OS. The maximum absolute atomic E-state index is 10.8. The first kappa shape index (κ1) is 10.1. The highest BCUT2D eigenvalue weighted by Gasteiger charge is 2.09. The summed E-state index contributed by atoms with van der Waals surface area (Å²) in [5.74, 6) is 0.547. The fourth-order valence-electron chi connectivity index (χ4n) is 0.839. The van der Waals surface area contributed by atoms with Crippen molar-refractivity contribution in [2.75, 3.05) is 13.1 Å². The van der Waals surface area contributed by atoms with Crippen molar-refractivity contribution >= 4 is 18.5 Å². The smallest absolute Gasteiger partial charge is 0.233 e. The molecule has 0 spiro atoms. The fourth-order valence-corrected chi connectivity index (χ4v) is 1.07. The van der Waals surface area contributed by atoms with E-state index in [-0.39, 0.29) is 17.7 Å². The van der Waals surface area contributed by atoms with Crippen LogP contribution in [0.25, 0.3) is 0 Å². The highest BCUT2D eigenvalue weighted by molar-refractivity contribution is 7.80. The number of hydrogen-bond donors (Lipinski definition) is 4. The van der Waals surface area contributed by atoms with Crippen molar-refractivity contribution < 1.29 is 4.79 Å². The molecule has 72 valence electrons. The van der Waals surface area contributed by atoms with Crippen LogP contribution in [-0.2, 0) is 4.79 Å². The van der Waals surface area contributed by atoms with Gasteiger partial charge in [-0.2, -0.15) is 12.6 Å². The Morgan fingerprint density at radius 2 is 2.62 bits per heavy atom. The minimum absolute atomic E-state index is 0.00134. The number of thiol groups is 1. The standard InChI is InChI=1S/C7H12N4OS/c8-3-6(12)11-4-5(13)7-9-1-2-10-7/h1-2,5,13H,3-4,8H2,(H,9,10)(H,11,12). The zero-order valence-electron chi connectivity index (χ0n) is 7.03. The summed E-state index contributed by atoms with van der Waals surface area (Å²) >= 11 is 4.25. The number of aromatic amines is 1. The molecule has 4 N–H and O–H groups in total. The third-order valence-electron chi connectivity index (χ3n) is 1.51. The van der Waals surface area contributed by atoms with Gasteiger partial charge in [-0.1, -0.05) is 0 Å². The van der Waals surface area contributed by atoms with Gasteiger partial charge in [-0.3, -0.25) is 4.79 Å². The first-order valence-electron chi connectivity index (χ1n) is 3.88. The van der Waals surface area contributed by atoms with E-state index >= 15 is 0 Å². The lowest BCUT2D eigenvalue weighted by Crippen LogP contribution is -2.32. The second kappa shape index (κ2) is 4.88. The molecule has 0 bridgehead atoms. The van der Waals surface area contributed by atoms with E-state index in [1.165, 1.54) is 0 Å². The fraction of sp³-hybridized carbons (Fsp3) is 0.429. The maximum Gasteiger partial charge on any atom is 0.233 e. The number of rotatable bonds is 4. The summed E-state index contributed by atoms with van der Waals surface area (Å²) in [6, 6.07) is 0. The molecular weight excluding hydrogens is 188 g/mol. The molecule has 1 aromatic rings. The van der Waals surface area contributed by atoms with Crippen molar-refractivity contribution in [2.24, 2.45) is 5.73 Å². The van der Waals surface area contributed by atoms with Crippen molar-refractivity contribution in [3.63, 3.8) is 0 Å². The number of nitrogens with one attached hydrogen (secondary N) is 2. The number of carbonyl (C=O) groups excluding carboxylic acids is 1. The quantitative estimate of drug-likeness (QED) is 0.492. The van der Waals surface area contributed by atoms with Gasteiger partial charge in [0.05, 0.1) is 11.8 Å². The number of hydrogen-bond acceptors (Lipinski definition) is 4. The van der Waals surface area contributed by atoms with E-state index in [1.54, 1.807) is 12.4 Å². The van der Waals surface area contributed by atoms with Crippen LogP contribution in [0.15, 0.2) is 12.4 Å². The van der Waals surface area contributed by atoms with Crippen LogP contribution < -0.4 is 11.1 Å². The molecule has 0 aliphatic heterocycles. The molecule has 0 aliphatic carbocycles. The lowest BCUT2D eigenvalue weighted by Gasteiger charge is -2.08. The predicted molar refractivity (Wildman–Crippen MR) is 52.4 cm³/mol. The Balaban J connectivity index is 2.34. The summed E-state index contributed by atoms with van der Waals surface area (Å²) in [5, 5.41) is 2.50. The third kappa shape index (κ3) is 3.08. The summed E-state index contributed by atoms with van der Waals surface area (Å²) in [7, 11) is 0. The molecule has 1 unspecified atom stereocenters. The molecule has 0 fully saturated rings. The Labute approximate surface area is 81.5 Å². The molecule has 6 heteroatoms. The van der Waals surface area contributed by atoms with Crippen molar-refractivity contribution in [1.82, 2.24) is 15.3 Å². The molecule has 1 rings (SSSR count). The second-order valence-electron chi connectivity index (χ2n) is 2.50. The molecule has 1 aromatic heterocycles. The van der Waals surface area contributed by atoms with Crippen LogP contribution in [0.1, 0.15) is 11.1 Å². The Hall–Kier alpha value is -1.01. The molecule has 13 heavy (non-hydrogen) atoms. The number of imidazole rings is 1. The Bertz CT molecular complexity index is 261. The third-order valence-corrected chi connectivity index (χ3v) is 1.94. The Morgan fingerprint density at radius 1 is 1.85 bits per heavy atom. The second-order valence-corrected chi connectivity index (χ2v) is 3.12.